The van der Waals surface area contributed by atoms with Crippen LogP contribution in [0.2, 0.25) is 0 Å². The van der Waals surface area contributed by atoms with Gasteiger partial charge in [0.05, 0.1) is 6.04 Å². The van der Waals surface area contributed by atoms with Crippen molar-refractivity contribution in [2.24, 2.45) is 0 Å². The molecule has 104 valence electrons. The van der Waals surface area contributed by atoms with E-state index in [0.29, 0.717) is 6.04 Å². The zero-order chi connectivity index (χ0) is 14.5. The summed E-state index contributed by atoms with van der Waals surface area (Å²) in [4.78, 5) is 2.41. The van der Waals surface area contributed by atoms with Gasteiger partial charge in [0, 0.05) is 21.6 Å². The minimum absolute atomic E-state index is 0.373. The molecule has 0 aromatic heterocycles. The number of hydrogen-bond acceptors (Lipinski definition) is 1. The van der Waals surface area contributed by atoms with E-state index in [0.717, 1.165) is 10.2 Å². The summed E-state index contributed by atoms with van der Waals surface area (Å²) in [6.07, 6.45) is 0. The molecule has 0 saturated heterocycles. The average molecular weight is 281 g/mol. The fourth-order valence-electron chi connectivity index (χ4n) is 2.38. The first-order valence-electron chi connectivity index (χ1n) is 7.14. The van der Waals surface area contributed by atoms with Crippen molar-refractivity contribution in [2.45, 2.75) is 26.8 Å². The molecule has 2 aromatic rings. The van der Waals surface area contributed by atoms with Crippen LogP contribution in [-0.4, -0.2) is 16.3 Å². The molecule has 0 aliphatic rings. The summed E-state index contributed by atoms with van der Waals surface area (Å²) in [5, 5.41) is 1.52. The molecule has 2 heteroatoms. The lowest BCUT2D eigenvalue weighted by Crippen LogP contribution is -2.30. The summed E-state index contributed by atoms with van der Waals surface area (Å²) >= 11 is 0. The molecule has 2 rings (SSSR count). The molecule has 0 spiro atoms. The molecule has 0 N–H and O–H groups in total. The number of benzene rings is 2. The Morgan fingerprint density at radius 3 is 1.60 bits per heavy atom. The van der Waals surface area contributed by atoms with E-state index >= 15 is 0 Å². The molecule has 20 heavy (non-hydrogen) atoms. The van der Waals surface area contributed by atoms with Crippen molar-refractivity contribution < 1.29 is 0 Å². The van der Waals surface area contributed by atoms with Gasteiger partial charge in [-0.2, -0.15) is 0 Å². The van der Waals surface area contributed by atoms with Crippen LogP contribution in [-0.2, 0) is 0 Å². The number of anilines is 2. The Bertz CT molecular complexity index is 531. The van der Waals surface area contributed by atoms with Gasteiger partial charge in [0.1, 0.15) is 0 Å². The molecule has 0 saturated carbocycles. The van der Waals surface area contributed by atoms with Crippen LogP contribution in [0, 0.1) is 0 Å². The summed E-state index contributed by atoms with van der Waals surface area (Å²) < 4.78 is 0. The van der Waals surface area contributed by atoms with Gasteiger partial charge >= 0.3 is 0 Å². The number of allylic oxidation sites excluding steroid dienone is 1. The molecular formula is C18H23NSi. The summed E-state index contributed by atoms with van der Waals surface area (Å²) in [7, 11) is 1.12. The van der Waals surface area contributed by atoms with Crippen molar-refractivity contribution in [2.75, 3.05) is 4.90 Å². The predicted octanol–water partition coefficient (Wildman–Crippen LogP) is 3.87. The third kappa shape index (κ3) is 3.20. The highest BCUT2D eigenvalue weighted by molar-refractivity contribution is 6.21. The first kappa shape index (κ1) is 14.6. The van der Waals surface area contributed by atoms with Crippen LogP contribution in [0.1, 0.15) is 20.8 Å². The predicted molar refractivity (Wildman–Crippen MR) is 92.8 cm³/mol. The van der Waals surface area contributed by atoms with Gasteiger partial charge in [0.15, 0.2) is 0 Å². The van der Waals surface area contributed by atoms with Crippen LogP contribution in [0.5, 0.6) is 0 Å². The number of nitrogens with zero attached hydrogens (tertiary/aromatic N) is 1. The molecule has 0 aliphatic carbocycles. The van der Waals surface area contributed by atoms with Gasteiger partial charge in [0.25, 0.3) is 0 Å². The Labute approximate surface area is 125 Å². The van der Waals surface area contributed by atoms with E-state index in [-0.39, 0.29) is 0 Å². The molecule has 0 fully saturated rings. The second-order valence-electron chi connectivity index (χ2n) is 5.40. The minimum Gasteiger partial charge on any atom is -0.335 e. The monoisotopic (exact) mass is 281 g/mol. The lowest BCUT2D eigenvalue weighted by Gasteiger charge is -2.33. The number of hydrogen-bond donors (Lipinski definition) is 0. The van der Waals surface area contributed by atoms with Gasteiger partial charge in [-0.05, 0) is 45.0 Å². The molecule has 1 atom stereocenters. The normalized spacial score (nSPS) is 13.8. The zero-order valence-corrected chi connectivity index (χ0v) is 14.8. The van der Waals surface area contributed by atoms with E-state index in [9.17, 15) is 0 Å². The maximum atomic E-state index is 2.41. The van der Waals surface area contributed by atoms with Crippen LogP contribution in [0.3, 0.4) is 0 Å². The van der Waals surface area contributed by atoms with Crippen molar-refractivity contribution in [1.29, 1.82) is 0 Å². The first-order valence-corrected chi connectivity index (χ1v) is 8.14. The van der Waals surface area contributed by atoms with Gasteiger partial charge in [-0.3, -0.25) is 0 Å². The molecule has 0 heterocycles. The Balaban J connectivity index is 2.49. The van der Waals surface area contributed by atoms with Crippen molar-refractivity contribution in [3.05, 3.63) is 71.4 Å². The first-order chi connectivity index (χ1) is 9.61. The summed E-state index contributed by atoms with van der Waals surface area (Å²) in [6.45, 7) is 6.79. The summed E-state index contributed by atoms with van der Waals surface area (Å²) in [5.74, 6) is 0. The van der Waals surface area contributed by atoms with Gasteiger partial charge in [-0.15, -0.1) is 0 Å². The van der Waals surface area contributed by atoms with Crippen LogP contribution in [0.25, 0.3) is 0 Å². The highest BCUT2D eigenvalue weighted by atomic mass is 28.1. The molecule has 0 aliphatic heterocycles. The van der Waals surface area contributed by atoms with E-state index in [1.807, 2.05) is 0 Å². The third-order valence-corrected chi connectivity index (χ3v) is 4.66. The van der Waals surface area contributed by atoms with E-state index in [1.54, 1.807) is 0 Å². The largest absolute Gasteiger partial charge is 0.335 e. The molecule has 1 unspecified atom stereocenters. The van der Waals surface area contributed by atoms with E-state index in [4.69, 9.17) is 0 Å². The van der Waals surface area contributed by atoms with Crippen LogP contribution < -0.4 is 4.90 Å². The molecular weight excluding hydrogens is 258 g/mol. The molecule has 2 aromatic carbocycles. The highest BCUT2D eigenvalue weighted by Gasteiger charge is 2.18. The van der Waals surface area contributed by atoms with Gasteiger partial charge in [-0.25, -0.2) is 0 Å². The Kier molecular flexibility index (Phi) is 4.80. The van der Waals surface area contributed by atoms with Crippen LogP contribution in [0.15, 0.2) is 71.4 Å². The lowest BCUT2D eigenvalue weighted by atomic mass is 10.1. The van der Waals surface area contributed by atoms with Gasteiger partial charge in [-0.1, -0.05) is 47.2 Å². The van der Waals surface area contributed by atoms with Crippen molar-refractivity contribution in [3.8, 4) is 0 Å². The molecule has 0 amide bonds. The minimum atomic E-state index is 0.373. The lowest BCUT2D eigenvalue weighted by molar-refractivity contribution is 0.809. The summed E-state index contributed by atoms with van der Waals surface area (Å²) in [5.41, 5.74) is 3.96. The maximum absolute atomic E-state index is 2.41. The topological polar surface area (TPSA) is 3.24 Å². The van der Waals surface area contributed by atoms with Crippen molar-refractivity contribution in [3.63, 3.8) is 0 Å². The fraction of sp³-hybridized carbons (Fsp3) is 0.222. The van der Waals surface area contributed by atoms with Crippen molar-refractivity contribution >= 4 is 21.6 Å². The van der Waals surface area contributed by atoms with Gasteiger partial charge in [0.2, 0.25) is 0 Å². The third-order valence-electron chi connectivity index (χ3n) is 3.87. The second-order valence-corrected chi connectivity index (χ2v) is 6.90. The number of para-hydroxylation sites is 2. The highest BCUT2D eigenvalue weighted by Crippen LogP contribution is 2.30. The average Bonchev–Trinajstić information content (AvgIpc) is 2.48. The SMILES string of the molecule is CC([SiH3])=C(C)C(C)N(c1ccccc1)c1ccccc1. The van der Waals surface area contributed by atoms with E-state index in [1.165, 1.54) is 22.1 Å². The number of rotatable bonds is 4. The standard InChI is InChI=1S/C18H23NSi/c1-14(16(3)20)15(2)19(17-10-6-4-7-11-17)18-12-8-5-9-13-18/h4-13,15H,1-3,20H3. The Morgan fingerprint density at radius 2 is 1.25 bits per heavy atom. The molecule has 0 radical (unpaired) electrons. The van der Waals surface area contributed by atoms with E-state index in [2.05, 4.69) is 86.3 Å². The van der Waals surface area contributed by atoms with Crippen LogP contribution in [0.4, 0.5) is 11.4 Å². The van der Waals surface area contributed by atoms with Crippen molar-refractivity contribution in [1.82, 2.24) is 0 Å². The smallest absolute Gasteiger partial charge is 0.0519 e. The fourth-order valence-corrected chi connectivity index (χ4v) is 2.80. The van der Waals surface area contributed by atoms with Crippen LogP contribution >= 0.6 is 0 Å². The zero-order valence-electron chi connectivity index (χ0n) is 12.8. The van der Waals surface area contributed by atoms with Gasteiger partial charge < -0.3 is 4.90 Å². The maximum Gasteiger partial charge on any atom is 0.0519 e. The molecule has 0 bridgehead atoms. The summed E-state index contributed by atoms with van der Waals surface area (Å²) in [6, 6.07) is 21.6. The molecule has 1 nitrogen and oxygen atoms in total. The van der Waals surface area contributed by atoms with E-state index < -0.39 is 0 Å². The quantitative estimate of drug-likeness (QED) is 0.769. The second kappa shape index (κ2) is 6.57. The Morgan fingerprint density at radius 1 is 0.850 bits per heavy atom. The Hall–Kier alpha value is -1.80.